The molecule has 131 heavy (non-hydrogen) atoms. The number of pyridine rings is 1. The Balaban J connectivity index is 0.874. The molecule has 4 atom stereocenters. The minimum atomic E-state index is -5.59. The highest BCUT2D eigenvalue weighted by atomic mass is 32.2. The number of nitrogens with two attached hydrogens (primary N) is 1. The molecular formula is C84H127N17O27P2S. The topological polar surface area (TPSA) is 671 Å². The number of amides is 15. The van der Waals surface area contributed by atoms with Crippen LogP contribution in [0, 0.1) is 12.3 Å². The summed E-state index contributed by atoms with van der Waals surface area (Å²) in [4.78, 5) is 236. The van der Waals surface area contributed by atoms with Crippen LogP contribution >= 0.6 is 27.0 Å². The number of unbranched alkanes of at least 4 members (excludes halogenated alkanes) is 2. The number of para-hydroxylation sites is 1. The van der Waals surface area contributed by atoms with Crippen LogP contribution in [0.4, 0.5) is 16.2 Å². The first kappa shape index (κ1) is 111. The number of carboxylic acids is 1. The van der Waals surface area contributed by atoms with Crippen molar-refractivity contribution in [1.82, 2.24) is 68.4 Å². The SMILES string of the molecule is Cc1ccccc1NC(=O)Nc1ccc(CC(=O)N[C@@H](CCCCNC(=O)/C=C/c2cccnc2)C(=O)N[C@@H](CCCC(=O)O)C(=O)NC2(C(=O)NCCOCCOCCNC(=O)CCC(=O)NCCOCCOCCNC(=O)CCC(=O)N[C@@H](CCCCNC(=O)CCN3C(=O)CC(SCCCC(=N)NCCCC(O)(P(=O)(O)O)P(=O)(O)O)C3=O)C(N)=O)CCCCC2)cc1. The third-order valence-electron chi connectivity index (χ3n) is 20.6. The van der Waals surface area contributed by atoms with Gasteiger partial charge in [0.25, 0.3) is 5.08 Å². The van der Waals surface area contributed by atoms with E-state index in [9.17, 15) is 111 Å². The van der Waals surface area contributed by atoms with Crippen LogP contribution in [0.3, 0.4) is 0 Å². The van der Waals surface area contributed by atoms with E-state index in [0.29, 0.717) is 67.6 Å². The number of aliphatic hydroxyl groups is 1. The number of benzene rings is 2. The summed E-state index contributed by atoms with van der Waals surface area (Å²) in [6, 6.07) is 13.3. The zero-order valence-corrected chi connectivity index (χ0v) is 76.2. The summed E-state index contributed by atoms with van der Waals surface area (Å²) < 4.78 is 45.2. The van der Waals surface area contributed by atoms with Gasteiger partial charge in [-0.05, 0) is 137 Å². The van der Waals surface area contributed by atoms with E-state index in [1.807, 2.05) is 19.1 Å². The van der Waals surface area contributed by atoms with Crippen LogP contribution in [0.5, 0.6) is 0 Å². The van der Waals surface area contributed by atoms with Crippen molar-refractivity contribution in [3.63, 3.8) is 0 Å². The lowest BCUT2D eigenvalue weighted by Gasteiger charge is -2.38. The van der Waals surface area contributed by atoms with Crippen LogP contribution in [-0.4, -0.2) is 279 Å². The smallest absolute Gasteiger partial charge is 0.369 e. The number of primary amides is 1. The number of hydrogen-bond acceptors (Lipinski definition) is 25. The maximum Gasteiger partial charge on any atom is 0.369 e. The number of imide groups is 1. The fraction of sp³-hybridized carbons (Fsp3) is 0.583. The van der Waals surface area contributed by atoms with Crippen molar-refractivity contribution in [3.05, 3.63) is 95.8 Å². The second kappa shape index (κ2) is 60.4. The number of carbonyl (C=O) groups is 15. The molecule has 1 unspecified atom stereocenters. The number of aryl methyl sites for hydroxylation is 1. The summed E-state index contributed by atoms with van der Waals surface area (Å²) in [6.45, 7) is 3.60. The molecule has 47 heteroatoms. The van der Waals surface area contributed by atoms with Gasteiger partial charge in [0.05, 0.1) is 70.4 Å². The van der Waals surface area contributed by atoms with Gasteiger partial charge in [-0.1, -0.05) is 55.7 Å². The van der Waals surface area contributed by atoms with Crippen molar-refractivity contribution in [3.8, 4) is 0 Å². The molecule has 5 rings (SSSR count). The molecule has 0 radical (unpaired) electrons. The normalized spacial score (nSPS) is 14.5. The first-order valence-corrected chi connectivity index (χ1v) is 47.8. The van der Waals surface area contributed by atoms with Crippen molar-refractivity contribution in [1.29, 1.82) is 5.41 Å². The van der Waals surface area contributed by atoms with E-state index in [4.69, 9.17) is 30.1 Å². The Bertz CT molecular complexity index is 4350. The third-order valence-corrected chi connectivity index (χ3v) is 25.8. The minimum absolute atomic E-state index is 0.00986. The van der Waals surface area contributed by atoms with Gasteiger partial charge in [0, 0.05) is 140 Å². The molecule has 44 nitrogen and oxygen atoms in total. The maximum absolute atomic E-state index is 14.4. The zero-order chi connectivity index (χ0) is 96.0. The lowest BCUT2D eigenvalue weighted by molar-refractivity contribution is -0.139. The average molecular weight is 1900 g/mol. The maximum atomic E-state index is 14.4. The van der Waals surface area contributed by atoms with Gasteiger partial charge in [0.15, 0.2) is 0 Å². The number of aromatic nitrogens is 1. The molecule has 2 aliphatic rings. The number of likely N-dealkylation sites (tertiary alicyclic amines) is 1. The number of thioether (sulfide) groups is 1. The van der Waals surface area contributed by atoms with Gasteiger partial charge in [0.1, 0.15) is 23.7 Å². The molecule has 2 heterocycles. The number of hydrogen-bond donors (Lipinski definition) is 21. The predicted octanol–water partition coefficient (Wildman–Crippen LogP) is 1.35. The van der Waals surface area contributed by atoms with Gasteiger partial charge in [-0.25, -0.2) is 4.79 Å². The van der Waals surface area contributed by atoms with Crippen LogP contribution in [0.2, 0.25) is 0 Å². The van der Waals surface area contributed by atoms with Crippen LogP contribution in [0.1, 0.15) is 171 Å². The number of carbonyl (C=O) groups excluding carboxylic acids is 14. The predicted molar refractivity (Wildman–Crippen MR) is 481 cm³/mol. The van der Waals surface area contributed by atoms with Crippen molar-refractivity contribution >= 4 is 139 Å². The van der Waals surface area contributed by atoms with Crippen molar-refractivity contribution < 1.29 is 130 Å². The number of ether oxygens (including phenoxy) is 4. The number of aliphatic carboxylic acids is 1. The number of anilines is 2. The molecule has 1 saturated carbocycles. The van der Waals surface area contributed by atoms with Crippen LogP contribution in [0.25, 0.3) is 6.08 Å². The summed E-state index contributed by atoms with van der Waals surface area (Å²) in [5.74, 6) is -7.53. The third kappa shape index (κ3) is 44.4. The van der Waals surface area contributed by atoms with Crippen molar-refractivity contribution in [2.45, 2.75) is 201 Å². The van der Waals surface area contributed by atoms with Gasteiger partial charge in [-0.3, -0.25) is 91.5 Å². The zero-order valence-electron chi connectivity index (χ0n) is 73.6. The number of amidine groups is 1. The molecule has 3 aromatic rings. The molecule has 1 aliphatic heterocycles. The minimum Gasteiger partial charge on any atom is -0.481 e. The van der Waals surface area contributed by atoms with Gasteiger partial charge in [-0.15, -0.1) is 11.8 Å². The highest BCUT2D eigenvalue weighted by molar-refractivity contribution is 8.00. The van der Waals surface area contributed by atoms with Gasteiger partial charge >= 0.3 is 27.2 Å². The molecule has 0 bridgehead atoms. The van der Waals surface area contributed by atoms with Crippen LogP contribution in [-0.2, 0) is 102 Å². The van der Waals surface area contributed by atoms with E-state index in [1.165, 1.54) is 17.8 Å². The first-order valence-electron chi connectivity index (χ1n) is 43.6. The highest BCUT2D eigenvalue weighted by Gasteiger charge is 2.58. The Morgan fingerprint density at radius 3 is 1.69 bits per heavy atom. The largest absolute Gasteiger partial charge is 0.481 e. The number of nitrogens with zero attached hydrogens (tertiary/aromatic N) is 2. The van der Waals surface area contributed by atoms with Crippen LogP contribution in [0.15, 0.2) is 79.1 Å². The molecule has 1 aromatic heterocycles. The molecule has 1 aliphatic carbocycles. The molecule has 1 saturated heterocycles. The lowest BCUT2D eigenvalue weighted by Crippen LogP contribution is -2.63. The summed E-state index contributed by atoms with van der Waals surface area (Å²) in [7, 11) is -11.2. The lowest BCUT2D eigenvalue weighted by atomic mass is 9.80. The Hall–Kier alpha value is -10.7. The summed E-state index contributed by atoms with van der Waals surface area (Å²) in [5, 5.41) is 58.7. The molecule has 0 spiro atoms. The fourth-order valence-corrected chi connectivity index (χ4v) is 16.8. The second-order valence-corrected chi connectivity index (χ2v) is 36.4. The molecule has 2 fully saturated rings. The Labute approximate surface area is 763 Å². The monoisotopic (exact) mass is 1900 g/mol. The van der Waals surface area contributed by atoms with E-state index < -0.39 is 127 Å². The van der Waals surface area contributed by atoms with E-state index in [-0.39, 0.29) is 232 Å². The average Bonchev–Trinajstić information content (AvgIpc) is 0.813. The first-order chi connectivity index (χ1) is 62.5. The Kier molecular flexibility index (Phi) is 51.1. The number of urea groups is 1. The number of nitrogens with one attached hydrogen (secondary N) is 14. The van der Waals surface area contributed by atoms with E-state index in [1.54, 1.807) is 67.0 Å². The molecule has 15 amide bonds. The quantitative estimate of drug-likeness (QED) is 0.00947. The van der Waals surface area contributed by atoms with E-state index in [0.717, 1.165) is 22.4 Å². The second-order valence-electron chi connectivity index (χ2n) is 31.1. The number of carboxylic acid groups (broad SMARTS) is 1. The summed E-state index contributed by atoms with van der Waals surface area (Å²) in [5.41, 5.74) is 7.36. The Morgan fingerprint density at radius 2 is 1.11 bits per heavy atom. The molecule has 726 valence electrons. The van der Waals surface area contributed by atoms with Crippen molar-refractivity contribution in [2.24, 2.45) is 5.73 Å². The molecule has 22 N–H and O–H groups in total. The summed E-state index contributed by atoms with van der Waals surface area (Å²) in [6.07, 6.45) is 8.27. The van der Waals surface area contributed by atoms with E-state index >= 15 is 0 Å². The van der Waals surface area contributed by atoms with Gasteiger partial charge in [0.2, 0.25) is 76.8 Å². The molecular weight excluding hydrogens is 1770 g/mol. The Morgan fingerprint density at radius 1 is 0.580 bits per heavy atom. The molecule has 2 aromatic carbocycles. The highest BCUT2D eigenvalue weighted by Crippen LogP contribution is 2.69. The number of rotatable bonds is 66. The van der Waals surface area contributed by atoms with Crippen molar-refractivity contribution in [2.75, 3.05) is 122 Å². The van der Waals surface area contributed by atoms with Gasteiger partial charge < -0.3 is 124 Å². The standard InChI is InChI=1S/C84H127N17O27P2S/c1-58-15-3-4-17-62(58)99-82(117)95-61-26-23-59(24-27-61)55-74(108)97-64(19-6-10-38-89-68(102)28-25-60-16-12-37-87-57-60)78(113)98-65(20-11-22-76(110)111)79(114)100-83(34-7-2-8-35-83)81(116)94-44-49-128-53-52-127-47-42-92-70(104)30-29-69(103)91-41-46-125-50-51-126-48-43-93-71(105)31-32-73(107)96-63(77(86)112)18-5-9-39-90-72(106)33-45-101-75(109)56-66(80(101)115)131-54-13-21-67(85)88-40-14-36-84(118,129(119,120)121)130(122,123)124/h3-4,12,15-17,23-28,37,57,63-66,118H,2,5-11,13-14,18-22,29-36,38-56H2,1H3,(H2,85,88)(H2,86,112)(H,89,102)(H,90,106)(H,91,103)(H,92,104)(H,93,105)(H,94,116)(H,96,107)(H,97,108)(H,98,113)(H,100,114)(H,110,111)(H2,95,99,117)(H2,119,120,121)(H2,122,123,124)/b28-25+/t63-,64-,65-,66?/m0/s1. The van der Waals surface area contributed by atoms with Gasteiger partial charge in [-0.2, -0.15) is 0 Å². The fourth-order valence-electron chi connectivity index (χ4n) is 13.4. The van der Waals surface area contributed by atoms with Crippen LogP contribution < -0.4 is 74.9 Å². The summed E-state index contributed by atoms with van der Waals surface area (Å²) >= 11 is 1.20. The van der Waals surface area contributed by atoms with E-state index in [2.05, 4.69) is 74.1 Å².